The molecule has 0 aromatic heterocycles. The molecule has 1 aromatic carbocycles. The lowest BCUT2D eigenvalue weighted by Crippen LogP contribution is -2.30. The van der Waals surface area contributed by atoms with Gasteiger partial charge in [-0.3, -0.25) is 0 Å². The van der Waals surface area contributed by atoms with Crippen LogP contribution in [0.2, 0.25) is 0 Å². The largest absolute Gasteiger partial charge is 0.389 e. The summed E-state index contributed by atoms with van der Waals surface area (Å²) >= 11 is 0. The highest BCUT2D eigenvalue weighted by atomic mass is 16.5. The zero-order chi connectivity index (χ0) is 13.9. The van der Waals surface area contributed by atoms with Gasteiger partial charge in [-0.25, -0.2) is 0 Å². The van der Waals surface area contributed by atoms with E-state index in [9.17, 15) is 5.11 Å². The Kier molecular flexibility index (Phi) is 7.83. The molecule has 0 radical (unpaired) electrons. The molecule has 1 aromatic rings. The molecule has 1 rings (SSSR count). The van der Waals surface area contributed by atoms with Crippen LogP contribution in [0.25, 0.3) is 0 Å². The van der Waals surface area contributed by atoms with Crippen LogP contribution in [-0.4, -0.2) is 31.0 Å². The van der Waals surface area contributed by atoms with Gasteiger partial charge in [0.2, 0.25) is 0 Å². The van der Waals surface area contributed by atoms with E-state index in [4.69, 9.17) is 10.00 Å². The van der Waals surface area contributed by atoms with Crippen LogP contribution in [0, 0.1) is 11.3 Å². The highest BCUT2D eigenvalue weighted by Crippen LogP contribution is 2.02. The van der Waals surface area contributed by atoms with Crippen molar-refractivity contribution in [3.8, 4) is 6.07 Å². The molecule has 0 amide bonds. The first-order valence-electron chi connectivity index (χ1n) is 6.71. The molecule has 0 aliphatic rings. The van der Waals surface area contributed by atoms with Crippen LogP contribution in [0.1, 0.15) is 30.9 Å². The fourth-order valence-corrected chi connectivity index (χ4v) is 1.60. The Labute approximate surface area is 115 Å². The van der Waals surface area contributed by atoms with E-state index in [0.717, 1.165) is 18.4 Å². The summed E-state index contributed by atoms with van der Waals surface area (Å²) in [6, 6.07) is 9.50. The summed E-state index contributed by atoms with van der Waals surface area (Å²) in [4.78, 5) is 0. The van der Waals surface area contributed by atoms with Gasteiger partial charge in [-0.15, -0.1) is 0 Å². The zero-order valence-electron chi connectivity index (χ0n) is 11.4. The Morgan fingerprint density at radius 1 is 1.37 bits per heavy atom. The molecular weight excluding hydrogens is 240 g/mol. The van der Waals surface area contributed by atoms with E-state index in [0.29, 0.717) is 31.9 Å². The van der Waals surface area contributed by atoms with Crippen LogP contribution in [0.15, 0.2) is 24.3 Å². The molecule has 0 spiro atoms. The number of unbranched alkanes of at least 4 members (excludes halogenated alkanes) is 1. The quantitative estimate of drug-likeness (QED) is 0.666. The topological polar surface area (TPSA) is 65.3 Å². The van der Waals surface area contributed by atoms with Crippen molar-refractivity contribution in [2.45, 2.75) is 32.4 Å². The van der Waals surface area contributed by atoms with Crippen molar-refractivity contribution in [3.05, 3.63) is 35.4 Å². The lowest BCUT2D eigenvalue weighted by Gasteiger charge is -2.12. The summed E-state index contributed by atoms with van der Waals surface area (Å²) in [7, 11) is 0. The third-order valence-corrected chi connectivity index (χ3v) is 2.74. The molecule has 4 heteroatoms. The maximum absolute atomic E-state index is 9.68. The smallest absolute Gasteiger partial charge is 0.0991 e. The molecule has 104 valence electrons. The first-order valence-corrected chi connectivity index (χ1v) is 6.71. The zero-order valence-corrected chi connectivity index (χ0v) is 11.4. The standard InChI is InChI=1S/C15H22N2O2/c1-2-3-8-19-12-15(18)11-17-10-14-6-4-13(9-16)5-7-14/h4-7,15,17-18H,2-3,8,10-12H2,1H3. The summed E-state index contributed by atoms with van der Waals surface area (Å²) in [6.45, 7) is 4.38. The van der Waals surface area contributed by atoms with Gasteiger partial charge in [0.25, 0.3) is 0 Å². The average molecular weight is 262 g/mol. The molecule has 1 atom stereocenters. The molecule has 2 N–H and O–H groups in total. The summed E-state index contributed by atoms with van der Waals surface area (Å²) in [5.41, 5.74) is 1.76. The molecule has 0 aliphatic heterocycles. The second kappa shape index (κ2) is 9.51. The van der Waals surface area contributed by atoms with Crippen molar-refractivity contribution in [3.63, 3.8) is 0 Å². The monoisotopic (exact) mass is 262 g/mol. The fourth-order valence-electron chi connectivity index (χ4n) is 1.60. The number of nitriles is 1. The molecule has 0 saturated heterocycles. The van der Waals surface area contributed by atoms with Crippen LogP contribution in [0.3, 0.4) is 0 Å². The van der Waals surface area contributed by atoms with Crippen molar-refractivity contribution < 1.29 is 9.84 Å². The molecule has 19 heavy (non-hydrogen) atoms. The van der Waals surface area contributed by atoms with Crippen LogP contribution in [0.5, 0.6) is 0 Å². The number of nitrogens with one attached hydrogen (secondary N) is 1. The molecule has 0 bridgehead atoms. The Morgan fingerprint density at radius 2 is 2.11 bits per heavy atom. The average Bonchev–Trinajstić information content (AvgIpc) is 2.44. The van der Waals surface area contributed by atoms with Gasteiger partial charge >= 0.3 is 0 Å². The highest BCUT2D eigenvalue weighted by Gasteiger charge is 2.03. The van der Waals surface area contributed by atoms with Crippen molar-refractivity contribution in [1.82, 2.24) is 5.32 Å². The normalized spacial score (nSPS) is 12.1. The summed E-state index contributed by atoms with van der Waals surface area (Å²) in [6.07, 6.45) is 1.66. The van der Waals surface area contributed by atoms with Crippen molar-refractivity contribution >= 4 is 0 Å². The van der Waals surface area contributed by atoms with E-state index >= 15 is 0 Å². The third-order valence-electron chi connectivity index (χ3n) is 2.74. The van der Waals surface area contributed by atoms with E-state index in [1.807, 2.05) is 12.1 Å². The summed E-state index contributed by atoms with van der Waals surface area (Å²) < 4.78 is 5.34. The van der Waals surface area contributed by atoms with Gasteiger partial charge in [0.15, 0.2) is 0 Å². The third kappa shape index (κ3) is 6.92. The van der Waals surface area contributed by atoms with Crippen molar-refractivity contribution in [1.29, 1.82) is 5.26 Å². The minimum Gasteiger partial charge on any atom is -0.389 e. The van der Waals surface area contributed by atoms with E-state index in [-0.39, 0.29) is 0 Å². The lowest BCUT2D eigenvalue weighted by molar-refractivity contribution is 0.0358. The first-order chi connectivity index (χ1) is 9.26. The predicted molar refractivity (Wildman–Crippen MR) is 74.6 cm³/mol. The van der Waals surface area contributed by atoms with E-state index in [1.165, 1.54) is 0 Å². The van der Waals surface area contributed by atoms with Gasteiger partial charge in [-0.1, -0.05) is 25.5 Å². The maximum Gasteiger partial charge on any atom is 0.0991 e. The molecular formula is C15H22N2O2. The Bertz CT molecular complexity index is 384. The molecule has 0 heterocycles. The number of hydrogen-bond donors (Lipinski definition) is 2. The van der Waals surface area contributed by atoms with Gasteiger partial charge in [0.1, 0.15) is 0 Å². The van der Waals surface area contributed by atoms with Gasteiger partial charge in [-0.2, -0.15) is 5.26 Å². The van der Waals surface area contributed by atoms with Gasteiger partial charge in [0.05, 0.1) is 24.3 Å². The van der Waals surface area contributed by atoms with Gasteiger partial charge < -0.3 is 15.2 Å². The fraction of sp³-hybridized carbons (Fsp3) is 0.533. The Balaban J connectivity index is 2.13. The number of aliphatic hydroxyl groups excluding tert-OH is 1. The Hall–Kier alpha value is -1.41. The molecule has 0 aliphatic carbocycles. The number of ether oxygens (including phenoxy) is 1. The van der Waals surface area contributed by atoms with E-state index in [2.05, 4.69) is 18.3 Å². The SMILES string of the molecule is CCCCOCC(O)CNCc1ccc(C#N)cc1. The summed E-state index contributed by atoms with van der Waals surface area (Å²) in [5, 5.41) is 21.5. The minimum absolute atomic E-state index is 0.375. The van der Waals surface area contributed by atoms with Crippen LogP contribution >= 0.6 is 0 Å². The van der Waals surface area contributed by atoms with Crippen LogP contribution in [-0.2, 0) is 11.3 Å². The van der Waals surface area contributed by atoms with E-state index < -0.39 is 6.10 Å². The lowest BCUT2D eigenvalue weighted by atomic mass is 10.1. The number of aliphatic hydroxyl groups is 1. The second-order valence-corrected chi connectivity index (χ2v) is 4.52. The van der Waals surface area contributed by atoms with Gasteiger partial charge in [0, 0.05) is 19.7 Å². The predicted octanol–water partition coefficient (Wildman–Crippen LogP) is 1.83. The van der Waals surface area contributed by atoms with Crippen molar-refractivity contribution in [2.75, 3.05) is 19.8 Å². The molecule has 4 nitrogen and oxygen atoms in total. The van der Waals surface area contributed by atoms with Crippen LogP contribution in [0.4, 0.5) is 0 Å². The first kappa shape index (κ1) is 15.6. The maximum atomic E-state index is 9.68. The number of benzene rings is 1. The Morgan fingerprint density at radius 3 is 2.74 bits per heavy atom. The molecule has 1 unspecified atom stereocenters. The number of nitrogens with zero attached hydrogens (tertiary/aromatic N) is 1. The van der Waals surface area contributed by atoms with Gasteiger partial charge in [-0.05, 0) is 24.1 Å². The molecule has 0 saturated carbocycles. The number of rotatable bonds is 9. The number of hydrogen-bond acceptors (Lipinski definition) is 4. The second-order valence-electron chi connectivity index (χ2n) is 4.52. The highest BCUT2D eigenvalue weighted by molar-refractivity contribution is 5.31. The van der Waals surface area contributed by atoms with E-state index in [1.54, 1.807) is 12.1 Å². The summed E-state index contributed by atoms with van der Waals surface area (Å²) in [5.74, 6) is 0. The minimum atomic E-state index is -0.477. The van der Waals surface area contributed by atoms with Crippen molar-refractivity contribution in [2.24, 2.45) is 0 Å². The molecule has 0 fully saturated rings. The van der Waals surface area contributed by atoms with Crippen LogP contribution < -0.4 is 5.32 Å².